The van der Waals surface area contributed by atoms with Gasteiger partial charge in [0.15, 0.2) is 0 Å². The number of amides is 1. The number of carboxylic acids is 1. The highest BCUT2D eigenvalue weighted by atomic mass is 16.4. The van der Waals surface area contributed by atoms with Crippen LogP contribution in [0.3, 0.4) is 0 Å². The van der Waals surface area contributed by atoms with Crippen molar-refractivity contribution in [2.75, 3.05) is 26.2 Å². The monoisotopic (exact) mass is 268 g/mol. The first-order valence-corrected chi connectivity index (χ1v) is 6.93. The van der Waals surface area contributed by atoms with Gasteiger partial charge in [0.05, 0.1) is 0 Å². The van der Waals surface area contributed by atoms with Gasteiger partial charge in [-0.15, -0.1) is 0 Å². The average molecular weight is 268 g/mol. The van der Waals surface area contributed by atoms with E-state index < -0.39 is 5.97 Å². The minimum Gasteiger partial charge on any atom is -0.478 e. The Labute approximate surface area is 114 Å². The van der Waals surface area contributed by atoms with Crippen molar-refractivity contribution < 1.29 is 14.7 Å². The van der Waals surface area contributed by atoms with Crippen molar-refractivity contribution in [2.24, 2.45) is 0 Å². The highest BCUT2D eigenvalue weighted by Gasteiger charge is 2.12. The molecule has 1 aliphatic heterocycles. The van der Waals surface area contributed by atoms with E-state index in [1.165, 1.54) is 32.9 Å². The van der Waals surface area contributed by atoms with E-state index in [-0.39, 0.29) is 17.1 Å². The second kappa shape index (κ2) is 7.94. The van der Waals surface area contributed by atoms with Gasteiger partial charge >= 0.3 is 5.97 Å². The Morgan fingerprint density at radius 2 is 1.74 bits per heavy atom. The van der Waals surface area contributed by atoms with Crippen molar-refractivity contribution in [1.82, 2.24) is 10.2 Å². The molecule has 0 unspecified atom stereocenters. The minimum atomic E-state index is -1.04. The number of likely N-dealkylation sites (tertiary alicyclic amines) is 1. The van der Waals surface area contributed by atoms with Gasteiger partial charge in [-0.2, -0.15) is 0 Å². The fourth-order valence-corrected chi connectivity index (χ4v) is 2.13. The van der Waals surface area contributed by atoms with E-state index >= 15 is 0 Å². The molecule has 108 valence electrons. The Morgan fingerprint density at radius 1 is 1.11 bits per heavy atom. The van der Waals surface area contributed by atoms with Gasteiger partial charge < -0.3 is 15.3 Å². The van der Waals surface area contributed by atoms with E-state index in [9.17, 15) is 9.59 Å². The Hall–Kier alpha value is -1.36. The van der Waals surface area contributed by atoms with Crippen molar-refractivity contribution in [1.29, 1.82) is 0 Å². The van der Waals surface area contributed by atoms with Crippen LogP contribution in [0.15, 0.2) is 11.1 Å². The summed E-state index contributed by atoms with van der Waals surface area (Å²) >= 11 is 0. The number of nitrogens with one attached hydrogen (secondary N) is 1. The van der Waals surface area contributed by atoms with Gasteiger partial charge in [0.2, 0.25) is 5.91 Å². The molecule has 0 aliphatic carbocycles. The number of carbonyl (C=O) groups is 2. The molecule has 2 N–H and O–H groups in total. The quantitative estimate of drug-likeness (QED) is 0.541. The Bertz CT molecular complexity index is 358. The molecule has 0 saturated carbocycles. The summed E-state index contributed by atoms with van der Waals surface area (Å²) in [5, 5.41) is 11.6. The second-order valence-corrected chi connectivity index (χ2v) is 5.07. The largest absolute Gasteiger partial charge is 0.478 e. The zero-order valence-corrected chi connectivity index (χ0v) is 11.9. The van der Waals surface area contributed by atoms with Crippen LogP contribution in [-0.2, 0) is 9.59 Å². The SMILES string of the molecule is C/C(C(=O)O)=C(\C)C(=O)NCCCCN1CCCC1. The fraction of sp³-hybridized carbons (Fsp3) is 0.714. The van der Waals surface area contributed by atoms with Crippen LogP contribution in [0, 0.1) is 0 Å². The molecular formula is C14H24N2O3. The Balaban J connectivity index is 2.16. The first-order chi connectivity index (χ1) is 9.02. The molecule has 0 aromatic carbocycles. The number of hydrogen-bond acceptors (Lipinski definition) is 3. The van der Waals surface area contributed by atoms with Crippen LogP contribution >= 0.6 is 0 Å². The lowest BCUT2D eigenvalue weighted by Crippen LogP contribution is -2.27. The Kier molecular flexibility index (Phi) is 6.56. The number of carboxylic acid groups (broad SMARTS) is 1. The first-order valence-electron chi connectivity index (χ1n) is 6.93. The topological polar surface area (TPSA) is 69.6 Å². The van der Waals surface area contributed by atoms with Crippen molar-refractivity contribution in [3.63, 3.8) is 0 Å². The van der Waals surface area contributed by atoms with Gasteiger partial charge in [0.25, 0.3) is 0 Å². The molecule has 0 atom stereocenters. The van der Waals surface area contributed by atoms with Crippen molar-refractivity contribution in [3.8, 4) is 0 Å². The lowest BCUT2D eigenvalue weighted by atomic mass is 10.1. The number of hydrogen-bond donors (Lipinski definition) is 2. The molecule has 5 nitrogen and oxygen atoms in total. The summed E-state index contributed by atoms with van der Waals surface area (Å²) < 4.78 is 0. The predicted octanol–water partition coefficient (Wildman–Crippen LogP) is 1.40. The molecular weight excluding hydrogens is 244 g/mol. The van der Waals surface area contributed by atoms with Crippen LogP contribution in [0.1, 0.15) is 39.5 Å². The van der Waals surface area contributed by atoms with Crippen LogP contribution in [0.5, 0.6) is 0 Å². The van der Waals surface area contributed by atoms with Crippen LogP contribution in [0.25, 0.3) is 0 Å². The van der Waals surface area contributed by atoms with Gasteiger partial charge in [0, 0.05) is 17.7 Å². The number of rotatable bonds is 7. The molecule has 1 heterocycles. The lowest BCUT2D eigenvalue weighted by Gasteiger charge is -2.14. The van der Waals surface area contributed by atoms with Crippen molar-refractivity contribution in [3.05, 3.63) is 11.1 Å². The van der Waals surface area contributed by atoms with Crippen molar-refractivity contribution >= 4 is 11.9 Å². The van der Waals surface area contributed by atoms with Gasteiger partial charge in [-0.05, 0) is 59.2 Å². The molecule has 1 fully saturated rings. The number of unbranched alkanes of at least 4 members (excludes halogenated alkanes) is 1. The van der Waals surface area contributed by atoms with E-state index in [1.54, 1.807) is 6.92 Å². The third kappa shape index (κ3) is 5.42. The van der Waals surface area contributed by atoms with E-state index in [0.717, 1.165) is 19.4 Å². The predicted molar refractivity (Wildman–Crippen MR) is 73.9 cm³/mol. The average Bonchev–Trinajstić information content (AvgIpc) is 2.89. The second-order valence-electron chi connectivity index (χ2n) is 5.07. The Morgan fingerprint density at radius 3 is 2.32 bits per heavy atom. The summed E-state index contributed by atoms with van der Waals surface area (Å²) in [6.07, 6.45) is 4.60. The summed E-state index contributed by atoms with van der Waals surface area (Å²) in [7, 11) is 0. The highest BCUT2D eigenvalue weighted by molar-refractivity contribution is 6.01. The number of carbonyl (C=O) groups excluding carboxylic acids is 1. The first kappa shape index (κ1) is 15.7. The van der Waals surface area contributed by atoms with Gasteiger partial charge in [-0.3, -0.25) is 4.79 Å². The fourth-order valence-electron chi connectivity index (χ4n) is 2.13. The van der Waals surface area contributed by atoms with E-state index in [0.29, 0.717) is 6.54 Å². The summed E-state index contributed by atoms with van der Waals surface area (Å²) in [6.45, 7) is 7.10. The van der Waals surface area contributed by atoms with Crippen molar-refractivity contribution in [2.45, 2.75) is 39.5 Å². The third-order valence-electron chi connectivity index (χ3n) is 3.61. The smallest absolute Gasteiger partial charge is 0.331 e. The third-order valence-corrected chi connectivity index (χ3v) is 3.61. The minimum absolute atomic E-state index is 0.106. The number of aliphatic carboxylic acids is 1. The maximum Gasteiger partial charge on any atom is 0.331 e. The summed E-state index contributed by atoms with van der Waals surface area (Å²) in [5.74, 6) is -1.32. The van der Waals surface area contributed by atoms with Crippen LogP contribution in [0.4, 0.5) is 0 Å². The van der Waals surface area contributed by atoms with E-state index in [2.05, 4.69) is 10.2 Å². The summed E-state index contributed by atoms with van der Waals surface area (Å²) in [4.78, 5) is 24.8. The van der Waals surface area contributed by atoms with E-state index in [4.69, 9.17) is 5.11 Å². The zero-order chi connectivity index (χ0) is 14.3. The molecule has 19 heavy (non-hydrogen) atoms. The van der Waals surface area contributed by atoms with Crippen LogP contribution < -0.4 is 5.32 Å². The standard InChI is InChI=1S/C14H24N2O3/c1-11(12(2)14(18)19)13(17)15-7-3-4-8-16-9-5-6-10-16/h3-10H2,1-2H3,(H,15,17)(H,18,19)/b12-11-. The number of nitrogens with zero attached hydrogens (tertiary/aromatic N) is 1. The molecule has 5 heteroatoms. The van der Waals surface area contributed by atoms with Crippen LogP contribution in [-0.4, -0.2) is 48.1 Å². The zero-order valence-electron chi connectivity index (χ0n) is 11.9. The molecule has 1 aliphatic rings. The molecule has 1 saturated heterocycles. The van der Waals surface area contributed by atoms with Gasteiger partial charge in [0.1, 0.15) is 0 Å². The molecule has 0 radical (unpaired) electrons. The molecule has 1 rings (SSSR count). The molecule has 1 amide bonds. The summed E-state index contributed by atoms with van der Waals surface area (Å²) in [6, 6.07) is 0. The van der Waals surface area contributed by atoms with Crippen LogP contribution in [0.2, 0.25) is 0 Å². The maximum absolute atomic E-state index is 11.7. The summed E-state index contributed by atoms with van der Waals surface area (Å²) in [5.41, 5.74) is 0.390. The maximum atomic E-state index is 11.7. The normalized spacial score (nSPS) is 17.2. The highest BCUT2D eigenvalue weighted by Crippen LogP contribution is 2.08. The van der Waals surface area contributed by atoms with E-state index in [1.807, 2.05) is 0 Å². The van der Waals surface area contributed by atoms with Gasteiger partial charge in [-0.25, -0.2) is 4.79 Å². The molecule has 0 aromatic rings. The molecule has 0 bridgehead atoms. The van der Waals surface area contributed by atoms with Gasteiger partial charge in [-0.1, -0.05) is 0 Å². The lowest BCUT2D eigenvalue weighted by molar-refractivity contribution is -0.133. The molecule has 0 aromatic heterocycles. The molecule has 0 spiro atoms.